The first-order valence-electron chi connectivity index (χ1n) is 12.5. The number of nitrogens with one attached hydrogen (secondary N) is 1. The third-order valence-electron chi connectivity index (χ3n) is 7.79. The van der Waals surface area contributed by atoms with Crippen molar-refractivity contribution >= 4 is 17.6 Å². The number of ether oxygens (including phenoxy) is 1. The van der Waals surface area contributed by atoms with Gasteiger partial charge < -0.3 is 15.0 Å². The van der Waals surface area contributed by atoms with Gasteiger partial charge in [0, 0.05) is 25.1 Å². The highest BCUT2D eigenvalue weighted by atomic mass is 19.4. The molecule has 1 saturated heterocycles. The fraction of sp³-hybridized carbons (Fsp3) is 0.800. The largest absolute Gasteiger partial charge is 0.425 e. The van der Waals surface area contributed by atoms with Gasteiger partial charge in [0.15, 0.2) is 5.78 Å². The fourth-order valence-corrected chi connectivity index (χ4v) is 6.09. The highest BCUT2D eigenvalue weighted by Gasteiger charge is 2.71. The van der Waals surface area contributed by atoms with Gasteiger partial charge in [-0.3, -0.25) is 14.4 Å². The maximum Gasteiger partial charge on any atom is 0.425 e. The topological polar surface area (TPSA) is 75.7 Å². The molecule has 1 N–H and O–H groups in total. The van der Waals surface area contributed by atoms with Crippen LogP contribution in [0, 0.1) is 11.3 Å². The van der Waals surface area contributed by atoms with E-state index >= 15 is 0 Å². The number of nitrogens with zero attached hydrogens (tertiary/aromatic N) is 1. The number of ketones is 1. The van der Waals surface area contributed by atoms with E-state index in [4.69, 9.17) is 4.74 Å². The lowest BCUT2D eigenvalue weighted by atomic mass is 9.72. The molecule has 0 aromatic heterocycles. The first-order valence-corrected chi connectivity index (χ1v) is 12.5. The Morgan fingerprint density at radius 3 is 2.41 bits per heavy atom. The number of halogens is 3. The van der Waals surface area contributed by atoms with Crippen LogP contribution in [0.2, 0.25) is 0 Å². The van der Waals surface area contributed by atoms with E-state index in [0.717, 1.165) is 43.4 Å². The second-order valence-electron chi connectivity index (χ2n) is 11.2. The van der Waals surface area contributed by atoms with Crippen molar-refractivity contribution in [3.8, 4) is 0 Å². The van der Waals surface area contributed by atoms with E-state index in [0.29, 0.717) is 25.4 Å². The first-order chi connectivity index (χ1) is 15.9. The van der Waals surface area contributed by atoms with Gasteiger partial charge in [0.05, 0.1) is 18.2 Å². The van der Waals surface area contributed by atoms with Crippen molar-refractivity contribution in [3.63, 3.8) is 0 Å². The zero-order valence-corrected chi connectivity index (χ0v) is 20.1. The molecular formula is C25H35F3N2O4. The molecule has 2 aliphatic carbocycles. The van der Waals surface area contributed by atoms with Crippen molar-refractivity contribution in [2.45, 2.75) is 102 Å². The Morgan fingerprint density at radius 1 is 1.09 bits per heavy atom. The van der Waals surface area contributed by atoms with Crippen molar-refractivity contribution in [1.82, 2.24) is 10.2 Å². The van der Waals surface area contributed by atoms with E-state index in [-0.39, 0.29) is 37.6 Å². The number of amides is 2. The summed E-state index contributed by atoms with van der Waals surface area (Å²) in [5.41, 5.74) is -4.41. The molecule has 0 bridgehead atoms. The van der Waals surface area contributed by atoms with Gasteiger partial charge in [-0.2, -0.15) is 13.2 Å². The van der Waals surface area contributed by atoms with Crippen LogP contribution >= 0.6 is 0 Å². The summed E-state index contributed by atoms with van der Waals surface area (Å²) in [6.07, 6.45) is 1.52. The maximum absolute atomic E-state index is 14.8. The second kappa shape index (κ2) is 9.28. The molecule has 4 rings (SSSR count). The minimum absolute atomic E-state index is 0.0448. The molecule has 9 heteroatoms. The molecule has 0 aromatic rings. The van der Waals surface area contributed by atoms with E-state index in [1.165, 1.54) is 0 Å². The van der Waals surface area contributed by atoms with Crippen LogP contribution in [0.3, 0.4) is 0 Å². The molecule has 2 aliphatic heterocycles. The quantitative estimate of drug-likeness (QED) is 0.605. The van der Waals surface area contributed by atoms with Gasteiger partial charge in [-0.1, -0.05) is 46.0 Å². The Morgan fingerprint density at radius 2 is 1.79 bits per heavy atom. The molecule has 2 heterocycles. The van der Waals surface area contributed by atoms with E-state index in [2.05, 4.69) is 5.32 Å². The predicted molar refractivity (Wildman–Crippen MR) is 118 cm³/mol. The molecule has 34 heavy (non-hydrogen) atoms. The Hall–Kier alpha value is -1.90. The van der Waals surface area contributed by atoms with Crippen molar-refractivity contribution in [3.05, 3.63) is 11.3 Å². The second-order valence-corrected chi connectivity index (χ2v) is 11.2. The molecule has 1 saturated carbocycles. The number of carbonyl (C=O) groups excluding carboxylic acids is 3. The average Bonchev–Trinajstić information content (AvgIpc) is 3.33. The Labute approximate surface area is 198 Å². The summed E-state index contributed by atoms with van der Waals surface area (Å²) in [5, 5.41) is 2.06. The van der Waals surface area contributed by atoms with Crippen LogP contribution in [-0.2, 0) is 19.1 Å². The molecular weight excluding hydrogens is 449 g/mol. The van der Waals surface area contributed by atoms with Crippen molar-refractivity contribution in [2.75, 3.05) is 13.2 Å². The summed E-state index contributed by atoms with van der Waals surface area (Å²) < 4.78 is 49.9. The van der Waals surface area contributed by atoms with E-state index in [9.17, 15) is 27.6 Å². The molecule has 2 fully saturated rings. The van der Waals surface area contributed by atoms with Gasteiger partial charge in [-0.25, -0.2) is 0 Å². The summed E-state index contributed by atoms with van der Waals surface area (Å²) >= 11 is 0. The summed E-state index contributed by atoms with van der Waals surface area (Å²) in [6.45, 7) is 4.06. The highest BCUT2D eigenvalue weighted by molar-refractivity contribution is 6.13. The average molecular weight is 485 g/mol. The van der Waals surface area contributed by atoms with E-state index in [1.807, 2.05) is 0 Å². The Balaban J connectivity index is 1.66. The van der Waals surface area contributed by atoms with E-state index in [1.54, 1.807) is 13.8 Å². The lowest BCUT2D eigenvalue weighted by molar-refractivity contribution is -0.195. The molecule has 0 aromatic carbocycles. The summed E-state index contributed by atoms with van der Waals surface area (Å²) in [4.78, 5) is 40.7. The number of alkyl halides is 3. The molecule has 2 atom stereocenters. The number of hydrogen-bond donors (Lipinski definition) is 1. The number of Topliss-reactive ketones (excluding diaryl/α,β-unsaturated/α-hetero) is 1. The maximum atomic E-state index is 14.8. The van der Waals surface area contributed by atoms with Gasteiger partial charge in [-0.15, -0.1) is 0 Å². The monoisotopic (exact) mass is 484 g/mol. The van der Waals surface area contributed by atoms with Gasteiger partial charge in [-0.05, 0) is 37.0 Å². The molecule has 6 nitrogen and oxygen atoms in total. The lowest BCUT2D eigenvalue weighted by Gasteiger charge is -2.35. The highest BCUT2D eigenvalue weighted by Crippen LogP contribution is 2.52. The van der Waals surface area contributed by atoms with Crippen molar-refractivity contribution in [2.24, 2.45) is 11.3 Å². The first kappa shape index (κ1) is 25.2. The Bertz CT molecular complexity index is 870. The van der Waals surface area contributed by atoms with Gasteiger partial charge >= 0.3 is 6.18 Å². The number of rotatable bonds is 6. The molecule has 0 spiro atoms. The third-order valence-corrected chi connectivity index (χ3v) is 7.79. The molecule has 0 radical (unpaired) electrons. The van der Waals surface area contributed by atoms with Crippen LogP contribution in [0.1, 0.15) is 84.5 Å². The lowest BCUT2D eigenvalue weighted by Crippen LogP contribution is -2.66. The van der Waals surface area contributed by atoms with Gasteiger partial charge in [0.25, 0.3) is 5.91 Å². The molecule has 0 unspecified atom stereocenters. The number of hydrogen-bond acceptors (Lipinski definition) is 4. The minimum Gasteiger partial charge on any atom is -0.376 e. The standard InChI is InChI=1S/C25H35F3N2O4/c1-23(2)13-18-21(19(31)14-23)24(25(26,27)28,22(33)30(18)15-17-9-6-12-34-17)29-20(32)11-10-16-7-4-3-5-8-16/h16-17H,3-15H2,1-2H3,(H,29,32)/t17-,24+/m1/s1. The zero-order chi connectivity index (χ0) is 24.7. The molecule has 2 amide bonds. The summed E-state index contributed by atoms with van der Waals surface area (Å²) in [5.74, 6) is -2.53. The smallest absolute Gasteiger partial charge is 0.376 e. The molecule has 190 valence electrons. The van der Waals surface area contributed by atoms with Crippen LogP contribution in [0.4, 0.5) is 13.2 Å². The fourth-order valence-electron chi connectivity index (χ4n) is 6.09. The van der Waals surface area contributed by atoms with Gasteiger partial charge in [0.1, 0.15) is 0 Å². The number of allylic oxidation sites excluding steroid dienone is 1. The van der Waals surface area contributed by atoms with Crippen molar-refractivity contribution < 1.29 is 32.3 Å². The minimum atomic E-state index is -5.15. The van der Waals surface area contributed by atoms with E-state index < -0.39 is 40.3 Å². The summed E-state index contributed by atoms with van der Waals surface area (Å²) in [7, 11) is 0. The zero-order valence-electron chi connectivity index (χ0n) is 20.1. The predicted octanol–water partition coefficient (Wildman–Crippen LogP) is 4.43. The van der Waals surface area contributed by atoms with Crippen molar-refractivity contribution in [1.29, 1.82) is 0 Å². The normalized spacial score (nSPS) is 30.1. The SMILES string of the molecule is CC1(C)CC(=O)C2=C(C1)N(C[C@H]1CCCO1)C(=O)[C@]2(NC(=O)CCC1CCCCC1)C(F)(F)F. The van der Waals surface area contributed by atoms with Crippen LogP contribution in [-0.4, -0.2) is 53.5 Å². The van der Waals surface area contributed by atoms with Crippen LogP contribution in [0.25, 0.3) is 0 Å². The van der Waals surface area contributed by atoms with Crippen LogP contribution < -0.4 is 5.32 Å². The van der Waals surface area contributed by atoms with Crippen LogP contribution in [0.15, 0.2) is 11.3 Å². The third kappa shape index (κ3) is 4.64. The summed E-state index contributed by atoms with van der Waals surface area (Å²) in [6, 6.07) is 0. The molecule has 4 aliphatic rings. The number of carbonyl (C=O) groups is 3. The van der Waals surface area contributed by atoms with Gasteiger partial charge in [0.2, 0.25) is 11.4 Å². The van der Waals surface area contributed by atoms with Crippen LogP contribution in [0.5, 0.6) is 0 Å². The Kier molecular flexibility index (Phi) is 6.88.